The fourth-order valence-corrected chi connectivity index (χ4v) is 2.08. The first-order valence-electron chi connectivity index (χ1n) is 5.94. The lowest BCUT2D eigenvalue weighted by Gasteiger charge is -2.06. The minimum absolute atomic E-state index is 0.108. The van der Waals surface area contributed by atoms with Crippen LogP contribution >= 0.6 is 22.6 Å². The lowest BCUT2D eigenvalue weighted by molar-refractivity contribution is 0.0949. The van der Waals surface area contributed by atoms with Gasteiger partial charge in [-0.05, 0) is 29.4 Å². The number of hydrogen-bond donors (Lipinski definition) is 1. The summed E-state index contributed by atoms with van der Waals surface area (Å²) in [6.45, 7) is 0.525. The monoisotopic (exact) mass is 367 g/mol. The average molecular weight is 367 g/mol. The van der Waals surface area contributed by atoms with Crippen molar-refractivity contribution in [3.8, 4) is 0 Å². The molecule has 0 fully saturated rings. The number of amides is 1. The normalized spacial score (nSPS) is 10.4. The van der Waals surface area contributed by atoms with E-state index >= 15 is 0 Å². The van der Waals surface area contributed by atoms with Crippen LogP contribution in [0.4, 0.5) is 8.78 Å². The van der Waals surface area contributed by atoms with Gasteiger partial charge >= 0.3 is 0 Å². The van der Waals surface area contributed by atoms with Gasteiger partial charge < -0.3 is 5.32 Å². The van der Waals surface area contributed by atoms with E-state index in [2.05, 4.69) is 27.9 Å². The van der Waals surface area contributed by atoms with Crippen molar-refractivity contribution in [2.24, 2.45) is 0 Å². The van der Waals surface area contributed by atoms with Crippen molar-refractivity contribution in [1.82, 2.24) is 5.32 Å². The second kappa shape index (κ2) is 8.39. The number of rotatable bonds is 7. The third kappa shape index (κ3) is 5.29. The lowest BCUT2D eigenvalue weighted by Crippen LogP contribution is -2.25. The summed E-state index contributed by atoms with van der Waals surface area (Å²) >= 11 is 2.33. The van der Waals surface area contributed by atoms with Gasteiger partial charge in [-0.2, -0.15) is 0 Å². The van der Waals surface area contributed by atoms with Gasteiger partial charge in [0, 0.05) is 12.6 Å². The van der Waals surface area contributed by atoms with Gasteiger partial charge in [0.15, 0.2) is 0 Å². The Morgan fingerprint density at radius 2 is 1.89 bits per heavy atom. The molecule has 1 N–H and O–H groups in total. The Hall–Kier alpha value is -0.720. The lowest BCUT2D eigenvalue weighted by atomic mass is 10.2. The molecule has 0 radical (unpaired) electrons. The number of hydrogen-bond acceptors (Lipinski definition) is 1. The fourth-order valence-electron chi connectivity index (χ4n) is 1.54. The van der Waals surface area contributed by atoms with Crippen LogP contribution in [0.5, 0.6) is 0 Å². The molecule has 0 atom stereocenters. The minimum Gasteiger partial charge on any atom is -0.352 e. The van der Waals surface area contributed by atoms with E-state index in [1.807, 2.05) is 0 Å². The third-order valence-corrected chi connectivity index (χ3v) is 3.28. The van der Waals surface area contributed by atoms with Crippen LogP contribution in [-0.4, -0.2) is 16.9 Å². The van der Waals surface area contributed by atoms with Crippen molar-refractivity contribution in [2.45, 2.75) is 25.7 Å². The Balaban J connectivity index is 2.32. The summed E-state index contributed by atoms with van der Waals surface area (Å²) in [4.78, 5) is 11.6. The van der Waals surface area contributed by atoms with Crippen LogP contribution < -0.4 is 5.32 Å². The summed E-state index contributed by atoms with van der Waals surface area (Å²) in [5.74, 6) is -1.98. The van der Waals surface area contributed by atoms with Gasteiger partial charge in [0.25, 0.3) is 5.91 Å². The zero-order valence-corrected chi connectivity index (χ0v) is 12.2. The summed E-state index contributed by atoms with van der Waals surface area (Å²) in [6, 6.07) is 2.96. The van der Waals surface area contributed by atoms with E-state index in [9.17, 15) is 13.6 Å². The van der Waals surface area contributed by atoms with E-state index < -0.39 is 17.5 Å². The number of halogens is 3. The molecule has 1 amide bonds. The summed E-state index contributed by atoms with van der Waals surface area (Å²) in [5, 5.41) is 2.63. The molecular weight excluding hydrogens is 351 g/mol. The Bertz CT molecular complexity index is 399. The summed E-state index contributed by atoms with van der Waals surface area (Å²) in [5.41, 5.74) is -0.108. The Labute approximate surface area is 119 Å². The standard InChI is InChI=1S/C13H16F2INO/c14-10-5-6-11(12(15)9-10)13(18)17-8-4-2-1-3-7-16/h5-6,9H,1-4,7-8H2,(H,17,18). The molecule has 0 aromatic heterocycles. The molecule has 0 spiro atoms. The number of alkyl halides is 1. The van der Waals surface area contributed by atoms with Crippen LogP contribution in [0.3, 0.4) is 0 Å². The molecule has 0 aliphatic carbocycles. The van der Waals surface area contributed by atoms with Crippen LogP contribution in [0.1, 0.15) is 36.0 Å². The number of unbranched alkanes of at least 4 members (excludes halogenated alkanes) is 3. The van der Waals surface area contributed by atoms with Gasteiger partial charge in [-0.3, -0.25) is 4.79 Å². The highest BCUT2D eigenvalue weighted by molar-refractivity contribution is 14.1. The summed E-state index contributed by atoms with van der Waals surface area (Å²) in [6.07, 6.45) is 4.26. The highest BCUT2D eigenvalue weighted by Gasteiger charge is 2.11. The zero-order valence-electron chi connectivity index (χ0n) is 10.0. The molecule has 18 heavy (non-hydrogen) atoms. The predicted octanol–water partition coefficient (Wildman–Crippen LogP) is 3.69. The second-order valence-corrected chi connectivity index (χ2v) is 5.06. The topological polar surface area (TPSA) is 29.1 Å². The first kappa shape index (κ1) is 15.3. The fraction of sp³-hybridized carbons (Fsp3) is 0.462. The molecule has 0 aliphatic rings. The van der Waals surface area contributed by atoms with Crippen LogP contribution in [0.15, 0.2) is 18.2 Å². The van der Waals surface area contributed by atoms with Gasteiger partial charge in [-0.1, -0.05) is 35.4 Å². The average Bonchev–Trinajstić information content (AvgIpc) is 2.33. The van der Waals surface area contributed by atoms with Gasteiger partial charge in [0.1, 0.15) is 11.6 Å². The molecule has 5 heteroatoms. The first-order chi connectivity index (χ1) is 8.65. The molecule has 100 valence electrons. The van der Waals surface area contributed by atoms with Gasteiger partial charge in [0.2, 0.25) is 0 Å². The van der Waals surface area contributed by atoms with Crippen molar-refractivity contribution < 1.29 is 13.6 Å². The van der Waals surface area contributed by atoms with Crippen LogP contribution in [0.2, 0.25) is 0 Å². The second-order valence-electron chi connectivity index (χ2n) is 3.98. The quantitative estimate of drug-likeness (QED) is 0.445. The molecular formula is C13H16F2INO. The van der Waals surface area contributed by atoms with E-state index in [1.54, 1.807) is 0 Å². The largest absolute Gasteiger partial charge is 0.352 e. The molecule has 0 unspecified atom stereocenters. The van der Waals surface area contributed by atoms with E-state index in [0.29, 0.717) is 6.54 Å². The van der Waals surface area contributed by atoms with Crippen molar-refractivity contribution in [3.05, 3.63) is 35.4 Å². The van der Waals surface area contributed by atoms with Gasteiger partial charge in [0.05, 0.1) is 5.56 Å². The predicted molar refractivity (Wildman–Crippen MR) is 76.0 cm³/mol. The van der Waals surface area contributed by atoms with Crippen molar-refractivity contribution in [3.63, 3.8) is 0 Å². The SMILES string of the molecule is O=C(NCCCCCCI)c1ccc(F)cc1F. The number of nitrogens with one attached hydrogen (secondary N) is 1. The van der Waals surface area contributed by atoms with Crippen molar-refractivity contribution in [2.75, 3.05) is 11.0 Å². The molecule has 1 aromatic rings. The molecule has 0 saturated carbocycles. The van der Waals surface area contributed by atoms with E-state index in [0.717, 1.165) is 41.9 Å². The maximum atomic E-state index is 13.3. The number of carbonyl (C=O) groups excluding carboxylic acids is 1. The van der Waals surface area contributed by atoms with E-state index in [-0.39, 0.29) is 5.56 Å². The van der Waals surface area contributed by atoms with Crippen LogP contribution in [-0.2, 0) is 0 Å². The van der Waals surface area contributed by atoms with Gasteiger partial charge in [-0.15, -0.1) is 0 Å². The molecule has 0 aliphatic heterocycles. The zero-order chi connectivity index (χ0) is 13.4. The van der Waals surface area contributed by atoms with Crippen molar-refractivity contribution in [1.29, 1.82) is 0 Å². The highest BCUT2D eigenvalue weighted by Crippen LogP contribution is 2.09. The Morgan fingerprint density at radius 1 is 1.17 bits per heavy atom. The summed E-state index contributed by atoms with van der Waals surface area (Å²) in [7, 11) is 0. The Morgan fingerprint density at radius 3 is 2.56 bits per heavy atom. The molecule has 1 rings (SSSR count). The molecule has 0 bridgehead atoms. The molecule has 0 heterocycles. The maximum Gasteiger partial charge on any atom is 0.254 e. The number of benzene rings is 1. The maximum absolute atomic E-state index is 13.3. The van der Waals surface area contributed by atoms with Gasteiger partial charge in [-0.25, -0.2) is 8.78 Å². The summed E-state index contributed by atoms with van der Waals surface area (Å²) < 4.78 is 27.1. The smallest absolute Gasteiger partial charge is 0.254 e. The third-order valence-electron chi connectivity index (χ3n) is 2.52. The Kier molecular flexibility index (Phi) is 7.15. The van der Waals surface area contributed by atoms with E-state index in [1.165, 1.54) is 6.42 Å². The van der Waals surface area contributed by atoms with Crippen LogP contribution in [0, 0.1) is 11.6 Å². The number of carbonyl (C=O) groups is 1. The molecule has 0 saturated heterocycles. The highest BCUT2D eigenvalue weighted by atomic mass is 127. The first-order valence-corrected chi connectivity index (χ1v) is 7.47. The van der Waals surface area contributed by atoms with Crippen LogP contribution in [0.25, 0.3) is 0 Å². The molecule has 1 aromatic carbocycles. The van der Waals surface area contributed by atoms with E-state index in [4.69, 9.17) is 0 Å². The minimum atomic E-state index is -0.822. The molecule has 2 nitrogen and oxygen atoms in total. The van der Waals surface area contributed by atoms with Crippen molar-refractivity contribution >= 4 is 28.5 Å².